The monoisotopic (exact) mass is 394 g/mol. The summed E-state index contributed by atoms with van der Waals surface area (Å²) in [6.07, 6.45) is -0.478. The molecule has 0 unspecified atom stereocenters. The zero-order valence-electron chi connectivity index (χ0n) is 9.82. The summed E-state index contributed by atoms with van der Waals surface area (Å²) in [5.74, 6) is -2.34. The molecule has 0 bridgehead atoms. The van der Waals surface area contributed by atoms with E-state index in [-0.39, 0.29) is 0 Å². The average Bonchev–Trinajstić information content (AvgIpc) is 2.31. The Labute approximate surface area is 117 Å². The zero-order chi connectivity index (χ0) is 14.0. The van der Waals surface area contributed by atoms with Gasteiger partial charge in [-0.3, -0.25) is 0 Å². The van der Waals surface area contributed by atoms with Crippen molar-refractivity contribution >= 4 is 38.2 Å². The molecule has 0 heterocycles. The van der Waals surface area contributed by atoms with E-state index >= 15 is 0 Å². The van der Waals surface area contributed by atoms with E-state index in [9.17, 15) is 9.59 Å². The second-order valence-corrected chi connectivity index (χ2v) is 11.5. The predicted octanol–water partition coefficient (Wildman–Crippen LogP) is -0.402. The number of hydrogen-bond acceptors (Lipinski definition) is 4. The summed E-state index contributed by atoms with van der Waals surface area (Å²) in [4.78, 5) is 20.6. The van der Waals surface area contributed by atoms with E-state index < -0.39 is 24.1 Å². The molecule has 18 heavy (non-hydrogen) atoms. The first-order valence-electron chi connectivity index (χ1n) is 5.51. The Morgan fingerprint density at radius 3 is 1.44 bits per heavy atom. The molecule has 6 nitrogen and oxygen atoms in total. The number of aliphatic carboxylic acids is 2. The van der Waals surface area contributed by atoms with E-state index in [4.69, 9.17) is 20.4 Å². The fraction of sp³-hybridized carbons (Fsp3) is 0.800. The molecular formula is C10H18O6Se2. The van der Waals surface area contributed by atoms with Crippen molar-refractivity contribution in [2.24, 2.45) is 0 Å². The van der Waals surface area contributed by atoms with Gasteiger partial charge in [-0.05, 0) is 0 Å². The van der Waals surface area contributed by atoms with Gasteiger partial charge in [-0.15, -0.1) is 0 Å². The number of aliphatic hydroxyl groups is 2. The number of carbonyl (C=O) groups is 2. The van der Waals surface area contributed by atoms with E-state index in [0.29, 0.717) is 51.9 Å². The van der Waals surface area contributed by atoms with Crippen LogP contribution in [0.4, 0.5) is 0 Å². The number of carboxylic acid groups (broad SMARTS) is 2. The van der Waals surface area contributed by atoms with Crippen molar-refractivity contribution in [1.29, 1.82) is 0 Å². The number of carboxylic acids is 2. The summed E-state index contributed by atoms with van der Waals surface area (Å²) < 4.78 is 0. The van der Waals surface area contributed by atoms with Gasteiger partial charge in [0.25, 0.3) is 0 Å². The third-order valence-electron chi connectivity index (χ3n) is 2.06. The third-order valence-corrected chi connectivity index (χ3v) is 9.78. The molecule has 0 aromatic carbocycles. The number of rotatable bonds is 11. The average molecular weight is 392 g/mol. The first-order valence-corrected chi connectivity index (χ1v) is 12.3. The number of aliphatic hydroxyl groups excluding tert-OH is 2. The topological polar surface area (TPSA) is 115 Å². The zero-order valence-corrected chi connectivity index (χ0v) is 13.2. The molecular weight excluding hydrogens is 374 g/mol. The summed E-state index contributed by atoms with van der Waals surface area (Å²) in [5.41, 5.74) is 0. The Morgan fingerprint density at radius 2 is 1.17 bits per heavy atom. The second-order valence-electron chi connectivity index (χ2n) is 3.64. The summed E-state index contributed by atoms with van der Waals surface area (Å²) in [6.45, 7) is 0. The maximum absolute atomic E-state index is 10.3. The van der Waals surface area contributed by atoms with Crippen LogP contribution in [0.15, 0.2) is 0 Å². The Hall–Kier alpha value is -0.101. The van der Waals surface area contributed by atoms with Crippen LogP contribution in [0.25, 0.3) is 0 Å². The fourth-order valence-electron chi connectivity index (χ4n) is 1.04. The van der Waals surface area contributed by atoms with Crippen molar-refractivity contribution in [2.75, 3.05) is 0 Å². The molecule has 0 fully saturated rings. The maximum atomic E-state index is 10.3. The summed E-state index contributed by atoms with van der Waals surface area (Å²) >= 11 is 0.915. The van der Waals surface area contributed by atoms with Crippen molar-refractivity contribution in [3.8, 4) is 0 Å². The van der Waals surface area contributed by atoms with Crippen LogP contribution in [0.3, 0.4) is 0 Å². The van der Waals surface area contributed by atoms with Crippen molar-refractivity contribution in [2.45, 2.75) is 48.5 Å². The van der Waals surface area contributed by atoms with Gasteiger partial charge in [-0.1, -0.05) is 0 Å². The fourth-order valence-corrected chi connectivity index (χ4v) is 7.86. The van der Waals surface area contributed by atoms with E-state index in [1.807, 2.05) is 0 Å². The third kappa shape index (κ3) is 9.88. The summed E-state index contributed by atoms with van der Waals surface area (Å²) in [5, 5.41) is 36.8. The van der Waals surface area contributed by atoms with Crippen molar-refractivity contribution in [3.63, 3.8) is 0 Å². The molecule has 4 N–H and O–H groups in total. The van der Waals surface area contributed by atoms with Gasteiger partial charge >= 0.3 is 117 Å². The molecule has 0 rings (SSSR count). The summed E-state index contributed by atoms with van der Waals surface area (Å²) in [6, 6.07) is 0. The van der Waals surface area contributed by atoms with Gasteiger partial charge in [0.2, 0.25) is 0 Å². The van der Waals surface area contributed by atoms with E-state index in [1.54, 1.807) is 0 Å². The van der Waals surface area contributed by atoms with Crippen LogP contribution in [-0.4, -0.2) is 70.8 Å². The predicted molar refractivity (Wildman–Crippen MR) is 66.9 cm³/mol. The Morgan fingerprint density at radius 1 is 0.833 bits per heavy atom. The van der Waals surface area contributed by atoms with Crippen LogP contribution < -0.4 is 0 Å². The molecule has 0 saturated heterocycles. The molecule has 0 aromatic heterocycles. The Kier molecular flexibility index (Phi) is 10.7. The van der Waals surface area contributed by atoms with Crippen LogP contribution in [0, 0.1) is 0 Å². The van der Waals surface area contributed by atoms with Gasteiger partial charge in [0.15, 0.2) is 0 Å². The van der Waals surface area contributed by atoms with Gasteiger partial charge in [-0.25, -0.2) is 0 Å². The van der Waals surface area contributed by atoms with Crippen LogP contribution in [0.1, 0.15) is 25.7 Å². The Bertz CT molecular complexity index is 235. The van der Waals surface area contributed by atoms with Crippen molar-refractivity contribution in [3.05, 3.63) is 0 Å². The molecule has 8 heteroatoms. The van der Waals surface area contributed by atoms with Crippen molar-refractivity contribution in [1.82, 2.24) is 0 Å². The molecule has 0 aliphatic carbocycles. The molecule has 0 saturated carbocycles. The van der Waals surface area contributed by atoms with Crippen LogP contribution in [0.5, 0.6) is 0 Å². The molecule has 0 amide bonds. The van der Waals surface area contributed by atoms with E-state index in [2.05, 4.69) is 0 Å². The summed E-state index contributed by atoms with van der Waals surface area (Å²) in [7, 11) is 0. The van der Waals surface area contributed by atoms with Crippen LogP contribution in [0.2, 0.25) is 10.6 Å². The van der Waals surface area contributed by atoms with Crippen LogP contribution in [-0.2, 0) is 9.59 Å². The van der Waals surface area contributed by atoms with Gasteiger partial charge in [-0.2, -0.15) is 0 Å². The van der Waals surface area contributed by atoms with Gasteiger partial charge in [0, 0.05) is 0 Å². The normalized spacial score (nSPS) is 14.1. The standard InChI is InChI=1S/C10H18O6Se2/c11-7(9(13)14)3-1-5-17-18-6-2-4-8(12)10(15)16/h7-8,11-12H,1-6H2,(H,13,14)(H,15,16)/t7-,8-/m0/s1. The van der Waals surface area contributed by atoms with Crippen molar-refractivity contribution < 1.29 is 30.0 Å². The van der Waals surface area contributed by atoms with E-state index in [0.717, 1.165) is 10.6 Å². The Balaban J connectivity index is 3.26. The molecule has 106 valence electrons. The minimum atomic E-state index is -1.25. The SMILES string of the molecule is O=C(O)[C@@H](O)CCC[Se][Se]CCC[C@H](O)C(=O)O. The molecule has 0 aliphatic rings. The van der Waals surface area contributed by atoms with E-state index in [1.165, 1.54) is 0 Å². The van der Waals surface area contributed by atoms with Gasteiger partial charge in [0.1, 0.15) is 0 Å². The first-order chi connectivity index (χ1) is 8.45. The second kappa shape index (κ2) is 10.8. The molecule has 0 spiro atoms. The van der Waals surface area contributed by atoms with Gasteiger partial charge in [0.05, 0.1) is 0 Å². The number of hydrogen-bond donors (Lipinski definition) is 4. The van der Waals surface area contributed by atoms with Gasteiger partial charge < -0.3 is 0 Å². The van der Waals surface area contributed by atoms with Crippen LogP contribution >= 0.6 is 0 Å². The quantitative estimate of drug-likeness (QED) is 0.281. The molecule has 0 radical (unpaired) electrons. The first kappa shape index (κ1) is 17.9. The minimum absolute atomic E-state index is 0.297. The molecule has 0 aromatic rings. The molecule has 0 aliphatic heterocycles. The molecule has 2 atom stereocenters.